The molecule has 0 saturated carbocycles. The van der Waals surface area contributed by atoms with E-state index in [0.717, 1.165) is 12.0 Å². The molecule has 1 aromatic heterocycles. The molecule has 2 aromatic carbocycles. The lowest BCUT2D eigenvalue weighted by Gasteiger charge is -2.02. The number of carbonyl (C=O) groups excluding carboxylic acids is 1. The van der Waals surface area contributed by atoms with E-state index in [2.05, 4.69) is 22.3 Å². The second-order valence-electron chi connectivity index (χ2n) is 5.35. The van der Waals surface area contributed by atoms with Gasteiger partial charge in [-0.25, -0.2) is 0 Å². The molecule has 1 heterocycles. The first-order valence-corrected chi connectivity index (χ1v) is 7.74. The smallest absolute Gasteiger partial charge is 0.204 e. The van der Waals surface area contributed by atoms with Gasteiger partial charge < -0.3 is 4.74 Å². The largest absolute Gasteiger partial charge is 0.497 e. The van der Waals surface area contributed by atoms with Gasteiger partial charge in [-0.1, -0.05) is 31.2 Å². The molecule has 0 aliphatic rings. The van der Waals surface area contributed by atoms with Gasteiger partial charge in [-0.2, -0.15) is 4.80 Å². The number of hydrogen-bond donors (Lipinski definition) is 0. The zero-order valence-corrected chi connectivity index (χ0v) is 13.6. The van der Waals surface area contributed by atoms with E-state index in [1.165, 1.54) is 10.4 Å². The molecule has 0 atom stereocenters. The molecule has 0 N–H and O–H groups in total. The Balaban J connectivity index is 1.71. The van der Waals surface area contributed by atoms with Crippen molar-refractivity contribution in [3.05, 3.63) is 59.7 Å². The lowest BCUT2D eigenvalue weighted by molar-refractivity contribution is 0.0961. The lowest BCUT2D eigenvalue weighted by atomic mass is 10.1. The van der Waals surface area contributed by atoms with Gasteiger partial charge in [-0.3, -0.25) is 4.79 Å². The molecule has 0 fully saturated rings. The van der Waals surface area contributed by atoms with Crippen molar-refractivity contribution < 1.29 is 9.53 Å². The number of ketones is 1. The predicted molar refractivity (Wildman–Crippen MR) is 90.0 cm³/mol. The van der Waals surface area contributed by atoms with E-state index in [9.17, 15) is 4.79 Å². The van der Waals surface area contributed by atoms with Crippen LogP contribution in [-0.4, -0.2) is 33.1 Å². The molecule has 0 saturated heterocycles. The molecule has 3 rings (SSSR count). The number of hydrogen-bond acceptors (Lipinski definition) is 5. The van der Waals surface area contributed by atoms with Crippen molar-refractivity contribution in [1.82, 2.24) is 20.2 Å². The number of Topliss-reactive ketones (excluding diaryl/α,β-unsaturated/α-hetero) is 1. The number of tetrazole rings is 1. The van der Waals surface area contributed by atoms with Crippen molar-refractivity contribution in [2.75, 3.05) is 7.11 Å². The molecule has 0 amide bonds. The summed E-state index contributed by atoms with van der Waals surface area (Å²) in [6.07, 6.45) is 0.983. The summed E-state index contributed by atoms with van der Waals surface area (Å²) < 4.78 is 5.08. The predicted octanol–water partition coefficient (Wildman–Crippen LogP) is 2.79. The second-order valence-corrected chi connectivity index (χ2v) is 5.35. The molecular formula is C18H18N4O2. The molecule has 0 aliphatic heterocycles. The highest BCUT2D eigenvalue weighted by atomic mass is 16.5. The van der Waals surface area contributed by atoms with Crippen molar-refractivity contribution in [2.24, 2.45) is 0 Å². The Bertz CT molecular complexity index is 823. The molecular weight excluding hydrogens is 304 g/mol. The van der Waals surface area contributed by atoms with Crippen LogP contribution >= 0.6 is 0 Å². The maximum atomic E-state index is 12.3. The van der Waals surface area contributed by atoms with Crippen molar-refractivity contribution in [3.8, 4) is 17.1 Å². The van der Waals surface area contributed by atoms with E-state index in [0.29, 0.717) is 17.1 Å². The number of rotatable bonds is 6. The Morgan fingerprint density at radius 2 is 1.79 bits per heavy atom. The Morgan fingerprint density at radius 3 is 2.42 bits per heavy atom. The van der Waals surface area contributed by atoms with Gasteiger partial charge >= 0.3 is 0 Å². The SMILES string of the molecule is CCc1ccc(-c2nnn(CC(=O)c3ccc(OC)cc3)n2)cc1. The maximum Gasteiger partial charge on any atom is 0.204 e. The van der Waals surface area contributed by atoms with Gasteiger partial charge in [0.05, 0.1) is 7.11 Å². The van der Waals surface area contributed by atoms with Gasteiger partial charge in [-0.15, -0.1) is 10.2 Å². The van der Waals surface area contributed by atoms with Crippen LogP contribution in [0, 0.1) is 0 Å². The Kier molecular flexibility index (Phi) is 4.65. The molecule has 6 heteroatoms. The molecule has 0 bridgehead atoms. The summed E-state index contributed by atoms with van der Waals surface area (Å²) in [7, 11) is 1.59. The molecule has 24 heavy (non-hydrogen) atoms. The quantitative estimate of drug-likeness (QED) is 0.653. The molecule has 6 nitrogen and oxygen atoms in total. The molecule has 0 unspecified atom stereocenters. The monoisotopic (exact) mass is 322 g/mol. The number of carbonyl (C=O) groups is 1. The number of aromatic nitrogens is 4. The third kappa shape index (κ3) is 3.48. The number of aryl methyl sites for hydroxylation is 1. The molecule has 0 aliphatic carbocycles. The van der Waals surface area contributed by atoms with Crippen LogP contribution in [-0.2, 0) is 13.0 Å². The van der Waals surface area contributed by atoms with Gasteiger partial charge in [0.25, 0.3) is 0 Å². The Labute approximate surface area is 140 Å². The van der Waals surface area contributed by atoms with Crippen LogP contribution in [0.5, 0.6) is 5.75 Å². The molecule has 0 radical (unpaired) electrons. The maximum absolute atomic E-state index is 12.3. The van der Waals surface area contributed by atoms with Crippen LogP contribution in [0.25, 0.3) is 11.4 Å². The molecule has 122 valence electrons. The molecule has 3 aromatic rings. The summed E-state index contributed by atoms with van der Waals surface area (Å²) in [5.41, 5.74) is 2.72. The van der Waals surface area contributed by atoms with Crippen LogP contribution in [0.3, 0.4) is 0 Å². The third-order valence-electron chi connectivity index (χ3n) is 3.77. The Hall–Kier alpha value is -3.02. The second kappa shape index (κ2) is 7.04. The summed E-state index contributed by atoms with van der Waals surface area (Å²) >= 11 is 0. The zero-order valence-electron chi connectivity index (χ0n) is 13.6. The van der Waals surface area contributed by atoms with Gasteiger partial charge in [0, 0.05) is 11.1 Å². The minimum atomic E-state index is -0.0806. The number of methoxy groups -OCH3 is 1. The summed E-state index contributed by atoms with van der Waals surface area (Å²) in [6.45, 7) is 2.15. The van der Waals surface area contributed by atoms with E-state index in [1.807, 2.05) is 24.3 Å². The van der Waals surface area contributed by atoms with Gasteiger partial charge in [0.2, 0.25) is 5.82 Å². The highest BCUT2D eigenvalue weighted by Crippen LogP contribution is 2.15. The average Bonchev–Trinajstić information content (AvgIpc) is 3.10. The zero-order chi connectivity index (χ0) is 16.9. The fraction of sp³-hybridized carbons (Fsp3) is 0.222. The first kappa shape index (κ1) is 15.9. The van der Waals surface area contributed by atoms with Gasteiger partial charge in [-0.05, 0) is 41.5 Å². The highest BCUT2D eigenvalue weighted by Gasteiger charge is 2.11. The van der Waals surface area contributed by atoms with E-state index >= 15 is 0 Å². The van der Waals surface area contributed by atoms with Crippen molar-refractivity contribution in [2.45, 2.75) is 19.9 Å². The fourth-order valence-electron chi connectivity index (χ4n) is 2.31. The third-order valence-corrected chi connectivity index (χ3v) is 3.77. The summed E-state index contributed by atoms with van der Waals surface area (Å²) in [4.78, 5) is 13.6. The van der Waals surface area contributed by atoms with Gasteiger partial charge in [0.15, 0.2) is 5.78 Å². The average molecular weight is 322 g/mol. The van der Waals surface area contributed by atoms with Crippen LogP contribution in [0.2, 0.25) is 0 Å². The van der Waals surface area contributed by atoms with E-state index < -0.39 is 0 Å². The number of nitrogens with zero attached hydrogens (tertiary/aromatic N) is 4. The summed E-state index contributed by atoms with van der Waals surface area (Å²) in [6, 6.07) is 15.0. The number of benzene rings is 2. The van der Waals surface area contributed by atoms with Gasteiger partial charge in [0.1, 0.15) is 12.3 Å². The summed E-state index contributed by atoms with van der Waals surface area (Å²) in [5.74, 6) is 1.14. The minimum absolute atomic E-state index is 0.0480. The fourth-order valence-corrected chi connectivity index (χ4v) is 2.31. The normalized spacial score (nSPS) is 10.6. The first-order chi connectivity index (χ1) is 11.7. The highest BCUT2D eigenvalue weighted by molar-refractivity contribution is 5.95. The van der Waals surface area contributed by atoms with Crippen molar-refractivity contribution in [1.29, 1.82) is 0 Å². The summed E-state index contributed by atoms with van der Waals surface area (Å²) in [5, 5.41) is 12.3. The van der Waals surface area contributed by atoms with Crippen LogP contribution in [0.4, 0.5) is 0 Å². The first-order valence-electron chi connectivity index (χ1n) is 7.74. The Morgan fingerprint density at radius 1 is 1.08 bits per heavy atom. The minimum Gasteiger partial charge on any atom is -0.497 e. The van der Waals surface area contributed by atoms with Crippen LogP contribution in [0.1, 0.15) is 22.8 Å². The van der Waals surface area contributed by atoms with E-state index in [1.54, 1.807) is 31.4 Å². The van der Waals surface area contributed by atoms with Crippen molar-refractivity contribution >= 4 is 5.78 Å². The lowest BCUT2D eigenvalue weighted by Crippen LogP contribution is -2.13. The topological polar surface area (TPSA) is 69.9 Å². The van der Waals surface area contributed by atoms with E-state index in [4.69, 9.17) is 4.74 Å². The van der Waals surface area contributed by atoms with Crippen LogP contribution < -0.4 is 4.74 Å². The standard InChI is InChI=1S/C18H18N4O2/c1-3-13-4-6-15(7-5-13)18-19-21-22(20-18)12-17(23)14-8-10-16(24-2)11-9-14/h4-11H,3,12H2,1-2H3. The number of ether oxygens (including phenoxy) is 1. The van der Waals surface area contributed by atoms with Crippen LogP contribution in [0.15, 0.2) is 48.5 Å². The molecule has 0 spiro atoms. The van der Waals surface area contributed by atoms with E-state index in [-0.39, 0.29) is 12.3 Å². The van der Waals surface area contributed by atoms with Crippen molar-refractivity contribution in [3.63, 3.8) is 0 Å².